The van der Waals surface area contributed by atoms with Gasteiger partial charge < -0.3 is 16.0 Å². The first-order valence-electron chi connectivity index (χ1n) is 7.60. The number of H-pyrrole nitrogens is 2. The number of carbonyl (C=O) groups is 2. The lowest BCUT2D eigenvalue weighted by Gasteiger charge is -2.38. The number of aromatic amines is 2. The van der Waals surface area contributed by atoms with Gasteiger partial charge in [0, 0.05) is 0 Å². The Bertz CT molecular complexity index is 1250. The molecule has 0 saturated carbocycles. The maximum absolute atomic E-state index is 12.0. The Hall–Kier alpha value is -3.96. The van der Waals surface area contributed by atoms with Gasteiger partial charge in [0.2, 0.25) is 0 Å². The van der Waals surface area contributed by atoms with Gasteiger partial charge in [-0.1, -0.05) is 0 Å². The highest BCUT2D eigenvalue weighted by atomic mass is 16.2. The molecule has 2 aliphatic rings. The number of anilines is 2. The summed E-state index contributed by atoms with van der Waals surface area (Å²) in [6.07, 6.45) is -0.630. The van der Waals surface area contributed by atoms with Crippen molar-refractivity contribution in [1.29, 1.82) is 0 Å². The zero-order chi connectivity index (χ0) is 18.0. The number of urea groups is 1. The molecule has 6 N–H and O–H groups in total. The molecule has 0 radical (unpaired) electrons. The number of hydrogen-bond donors (Lipinski definition) is 6. The number of imide groups is 1. The summed E-state index contributed by atoms with van der Waals surface area (Å²) >= 11 is 0. The molecule has 2 atom stereocenters. The van der Waals surface area contributed by atoms with Crippen molar-refractivity contribution in [2.75, 3.05) is 10.6 Å². The van der Waals surface area contributed by atoms with Gasteiger partial charge in [0.15, 0.2) is 11.2 Å². The topological polar surface area (TPSA) is 174 Å². The van der Waals surface area contributed by atoms with E-state index in [1.54, 1.807) is 12.1 Å². The van der Waals surface area contributed by atoms with Crippen LogP contribution >= 0.6 is 0 Å². The van der Waals surface area contributed by atoms with Gasteiger partial charge in [-0.05, 0) is 12.1 Å². The van der Waals surface area contributed by atoms with E-state index in [1.165, 1.54) is 0 Å². The van der Waals surface area contributed by atoms with Crippen LogP contribution in [-0.2, 0) is 4.79 Å². The van der Waals surface area contributed by atoms with Gasteiger partial charge in [0.25, 0.3) is 11.5 Å². The van der Waals surface area contributed by atoms with Crippen LogP contribution < -0.4 is 32.5 Å². The number of fused-ring (bicyclic) bond motifs is 4. The molecule has 2 unspecified atom stereocenters. The van der Waals surface area contributed by atoms with Crippen molar-refractivity contribution in [3.05, 3.63) is 33.0 Å². The SMILES string of the molecule is O=C1NC(=O)C2Nc3cc4nc5[nH]c(=O)[nH]c(=O)c5nc4cc3NC2N1. The van der Waals surface area contributed by atoms with E-state index >= 15 is 0 Å². The number of aromatic nitrogens is 4. The van der Waals surface area contributed by atoms with Gasteiger partial charge in [-0.25, -0.2) is 19.6 Å². The molecular formula is C14H10N8O4. The van der Waals surface area contributed by atoms with E-state index in [4.69, 9.17) is 0 Å². The first kappa shape index (κ1) is 14.4. The fraction of sp³-hybridized carbons (Fsp3) is 0.143. The minimum absolute atomic E-state index is 0.00374. The highest BCUT2D eigenvalue weighted by Gasteiger charge is 2.38. The predicted molar refractivity (Wildman–Crippen MR) is 89.8 cm³/mol. The molecule has 3 aromatic rings. The summed E-state index contributed by atoms with van der Waals surface area (Å²) in [6.45, 7) is 0. The van der Waals surface area contributed by atoms with Gasteiger partial charge in [-0.2, -0.15) is 0 Å². The summed E-state index contributed by atoms with van der Waals surface area (Å²) in [7, 11) is 0. The number of carbonyl (C=O) groups excluding carboxylic acids is 2. The zero-order valence-electron chi connectivity index (χ0n) is 12.8. The van der Waals surface area contributed by atoms with Gasteiger partial charge in [-0.3, -0.25) is 24.9 Å². The lowest BCUT2D eigenvalue weighted by Crippen LogP contribution is -2.67. The maximum atomic E-state index is 12.0. The van der Waals surface area contributed by atoms with Crippen LogP contribution in [0.15, 0.2) is 21.7 Å². The average Bonchev–Trinajstić information content (AvgIpc) is 2.57. The molecule has 1 fully saturated rings. The summed E-state index contributed by atoms with van der Waals surface area (Å²) in [4.78, 5) is 59.8. The van der Waals surface area contributed by atoms with Crippen LogP contribution in [0.5, 0.6) is 0 Å². The fourth-order valence-electron chi connectivity index (χ4n) is 3.09. The van der Waals surface area contributed by atoms with Crippen LogP contribution in [0.1, 0.15) is 0 Å². The van der Waals surface area contributed by atoms with E-state index < -0.39 is 35.4 Å². The summed E-state index contributed by atoms with van der Waals surface area (Å²) < 4.78 is 0. The fourth-order valence-corrected chi connectivity index (χ4v) is 3.09. The monoisotopic (exact) mass is 354 g/mol. The molecule has 2 aliphatic heterocycles. The quantitative estimate of drug-likeness (QED) is 0.265. The molecule has 12 nitrogen and oxygen atoms in total. The predicted octanol–water partition coefficient (Wildman–Crippen LogP) is -1.47. The molecule has 130 valence electrons. The van der Waals surface area contributed by atoms with E-state index in [2.05, 4.69) is 41.2 Å². The molecule has 3 amide bonds. The van der Waals surface area contributed by atoms with Gasteiger partial charge in [0.1, 0.15) is 12.2 Å². The normalized spacial score (nSPS) is 21.2. The van der Waals surface area contributed by atoms with Crippen molar-refractivity contribution in [2.24, 2.45) is 0 Å². The highest BCUT2D eigenvalue weighted by Crippen LogP contribution is 2.32. The Morgan fingerprint density at radius 2 is 1.58 bits per heavy atom. The highest BCUT2D eigenvalue weighted by molar-refractivity contribution is 6.04. The molecule has 0 aliphatic carbocycles. The first-order chi connectivity index (χ1) is 12.5. The van der Waals surface area contributed by atoms with E-state index in [0.29, 0.717) is 22.4 Å². The Morgan fingerprint density at radius 3 is 2.38 bits per heavy atom. The number of benzene rings is 1. The van der Waals surface area contributed by atoms with Crippen LogP contribution in [0.4, 0.5) is 16.2 Å². The van der Waals surface area contributed by atoms with Gasteiger partial charge >= 0.3 is 11.7 Å². The van der Waals surface area contributed by atoms with Crippen molar-refractivity contribution in [2.45, 2.75) is 12.2 Å². The van der Waals surface area contributed by atoms with Gasteiger partial charge in [-0.15, -0.1) is 0 Å². The third-order valence-corrected chi connectivity index (χ3v) is 4.24. The molecule has 5 rings (SSSR count). The Kier molecular flexibility index (Phi) is 2.65. The van der Waals surface area contributed by atoms with Crippen LogP contribution in [0.2, 0.25) is 0 Å². The van der Waals surface area contributed by atoms with Crippen LogP contribution in [0.25, 0.3) is 22.2 Å². The third kappa shape index (κ3) is 2.02. The second kappa shape index (κ2) is 4.78. The molecule has 0 spiro atoms. The van der Waals surface area contributed by atoms with E-state index in [0.717, 1.165) is 0 Å². The first-order valence-corrected chi connectivity index (χ1v) is 7.60. The Morgan fingerprint density at radius 1 is 0.846 bits per heavy atom. The van der Waals surface area contributed by atoms with Crippen LogP contribution in [0, 0.1) is 0 Å². The molecule has 2 aromatic heterocycles. The Labute approximate surface area is 142 Å². The van der Waals surface area contributed by atoms with Crippen molar-refractivity contribution < 1.29 is 9.59 Å². The molecule has 1 saturated heterocycles. The van der Waals surface area contributed by atoms with E-state index in [-0.39, 0.29) is 11.2 Å². The summed E-state index contributed by atoms with van der Waals surface area (Å²) in [5.41, 5.74) is 0.747. The lowest BCUT2D eigenvalue weighted by molar-refractivity contribution is -0.122. The van der Waals surface area contributed by atoms with Crippen LogP contribution in [-0.4, -0.2) is 44.1 Å². The zero-order valence-corrected chi connectivity index (χ0v) is 12.8. The third-order valence-electron chi connectivity index (χ3n) is 4.24. The average molecular weight is 354 g/mol. The number of rotatable bonds is 0. The van der Waals surface area contributed by atoms with E-state index in [1.807, 2.05) is 0 Å². The molecule has 1 aromatic carbocycles. The number of nitrogens with zero attached hydrogens (tertiary/aromatic N) is 2. The van der Waals surface area contributed by atoms with Crippen molar-refractivity contribution in [1.82, 2.24) is 30.6 Å². The second-order valence-electron chi connectivity index (χ2n) is 5.92. The maximum Gasteiger partial charge on any atom is 0.327 e. The van der Waals surface area contributed by atoms with E-state index in [9.17, 15) is 19.2 Å². The molecular weight excluding hydrogens is 344 g/mol. The van der Waals surface area contributed by atoms with Crippen molar-refractivity contribution in [3.8, 4) is 0 Å². The summed E-state index contributed by atoms with van der Waals surface area (Å²) in [5.74, 6) is -0.461. The molecule has 26 heavy (non-hydrogen) atoms. The standard InChI is InChI=1S/C14H10N8O4/c23-11-7-10(20-14(26)21-11)18-6-2-4-5(1-3(6)15-7)17-9-8(16-4)12(24)22-13(25)19-9/h1-2,7,10,15,18H,(H2,20,21,23,26)(H2,17,19,22,24,25). The van der Waals surface area contributed by atoms with Gasteiger partial charge in [0.05, 0.1) is 22.4 Å². The minimum atomic E-state index is -0.700. The molecule has 0 bridgehead atoms. The summed E-state index contributed by atoms with van der Waals surface area (Å²) in [6, 6.07) is 2.00. The molecule has 4 heterocycles. The second-order valence-corrected chi connectivity index (χ2v) is 5.92. The smallest absolute Gasteiger partial charge is 0.327 e. The van der Waals surface area contributed by atoms with Crippen molar-refractivity contribution in [3.63, 3.8) is 0 Å². The minimum Gasteiger partial charge on any atom is -0.369 e. The summed E-state index contributed by atoms with van der Waals surface area (Å²) in [5, 5.41) is 10.9. The largest absolute Gasteiger partial charge is 0.369 e. The number of hydrogen-bond acceptors (Lipinski definition) is 8. The number of amides is 3. The van der Waals surface area contributed by atoms with Crippen LogP contribution in [0.3, 0.4) is 0 Å². The lowest BCUT2D eigenvalue weighted by atomic mass is 10.1. The molecule has 12 heteroatoms. The number of nitrogens with one attached hydrogen (secondary N) is 6. The Balaban J connectivity index is 1.69. The van der Waals surface area contributed by atoms with Crippen molar-refractivity contribution >= 4 is 45.5 Å².